The standard InChI is InChI=1S/C23H23N5O3S/c1-15(2)28-22-17(12-26-28)8-18(11-25-22)23(30)31-13-19-14-32-21(27-19)9-20(29)24-10-16-6-4-3-5-7-16/h3-8,11-12,14-15H,9-10,13H2,1-2H3,(H,24,29). The summed E-state index contributed by atoms with van der Waals surface area (Å²) < 4.78 is 7.18. The Bertz CT molecular complexity index is 1230. The predicted octanol–water partition coefficient (Wildman–Crippen LogP) is 3.68. The van der Waals surface area contributed by atoms with Crippen LogP contribution in [-0.2, 0) is 29.1 Å². The fourth-order valence-corrected chi connectivity index (χ4v) is 3.92. The molecule has 0 aliphatic rings. The second kappa shape index (κ2) is 9.69. The Morgan fingerprint density at radius 1 is 1.19 bits per heavy atom. The lowest BCUT2D eigenvalue weighted by Crippen LogP contribution is -2.24. The van der Waals surface area contributed by atoms with Crippen molar-refractivity contribution in [2.24, 2.45) is 0 Å². The number of nitrogens with zero attached hydrogens (tertiary/aromatic N) is 4. The fraction of sp³-hybridized carbons (Fsp3) is 0.261. The van der Waals surface area contributed by atoms with Crippen molar-refractivity contribution in [3.63, 3.8) is 0 Å². The lowest BCUT2D eigenvalue weighted by atomic mass is 10.2. The summed E-state index contributed by atoms with van der Waals surface area (Å²) in [6.07, 6.45) is 3.37. The molecule has 8 nitrogen and oxygen atoms in total. The molecule has 4 rings (SSSR count). The average Bonchev–Trinajstić information content (AvgIpc) is 3.43. The largest absolute Gasteiger partial charge is 0.456 e. The van der Waals surface area contributed by atoms with Crippen LogP contribution in [0.15, 0.2) is 54.2 Å². The first-order valence-electron chi connectivity index (χ1n) is 10.2. The first-order valence-corrected chi connectivity index (χ1v) is 11.1. The maximum absolute atomic E-state index is 12.4. The lowest BCUT2D eigenvalue weighted by Gasteiger charge is -2.06. The van der Waals surface area contributed by atoms with E-state index >= 15 is 0 Å². The maximum Gasteiger partial charge on any atom is 0.340 e. The quantitative estimate of drug-likeness (QED) is 0.412. The van der Waals surface area contributed by atoms with E-state index in [-0.39, 0.29) is 25.0 Å². The molecule has 9 heteroatoms. The van der Waals surface area contributed by atoms with Crippen LogP contribution in [0.1, 0.15) is 46.5 Å². The van der Waals surface area contributed by atoms with Gasteiger partial charge in [-0.2, -0.15) is 5.10 Å². The number of carbonyl (C=O) groups excluding carboxylic acids is 2. The van der Waals surface area contributed by atoms with Gasteiger partial charge in [0.2, 0.25) is 5.91 Å². The highest BCUT2D eigenvalue weighted by atomic mass is 32.1. The highest BCUT2D eigenvalue weighted by Gasteiger charge is 2.14. The molecule has 4 aromatic rings. The summed E-state index contributed by atoms with van der Waals surface area (Å²) in [5.41, 5.74) is 2.73. The van der Waals surface area contributed by atoms with Gasteiger partial charge in [0.05, 0.1) is 23.9 Å². The summed E-state index contributed by atoms with van der Waals surface area (Å²) in [6.45, 7) is 4.55. The van der Waals surface area contributed by atoms with Crippen LogP contribution < -0.4 is 5.32 Å². The number of aromatic nitrogens is 4. The number of nitrogens with one attached hydrogen (secondary N) is 1. The van der Waals surface area contributed by atoms with Crippen molar-refractivity contribution in [3.05, 3.63) is 76.0 Å². The van der Waals surface area contributed by atoms with Gasteiger partial charge in [-0.05, 0) is 25.5 Å². The van der Waals surface area contributed by atoms with Gasteiger partial charge >= 0.3 is 5.97 Å². The maximum atomic E-state index is 12.4. The molecule has 0 unspecified atom stereocenters. The summed E-state index contributed by atoms with van der Waals surface area (Å²) in [5.74, 6) is -0.583. The first-order chi connectivity index (χ1) is 15.5. The van der Waals surface area contributed by atoms with E-state index < -0.39 is 5.97 Å². The Balaban J connectivity index is 1.29. The molecule has 1 N–H and O–H groups in total. The number of esters is 1. The van der Waals surface area contributed by atoms with Gasteiger partial charge in [-0.1, -0.05) is 30.3 Å². The van der Waals surface area contributed by atoms with Crippen LogP contribution in [0.2, 0.25) is 0 Å². The minimum Gasteiger partial charge on any atom is -0.456 e. The van der Waals surface area contributed by atoms with Crippen molar-refractivity contribution in [3.8, 4) is 0 Å². The van der Waals surface area contributed by atoms with Gasteiger partial charge in [0, 0.05) is 29.5 Å². The fourth-order valence-electron chi connectivity index (χ4n) is 3.15. The number of hydrogen-bond acceptors (Lipinski definition) is 7. The smallest absolute Gasteiger partial charge is 0.340 e. The predicted molar refractivity (Wildman–Crippen MR) is 121 cm³/mol. The van der Waals surface area contributed by atoms with E-state index in [1.165, 1.54) is 17.5 Å². The van der Waals surface area contributed by atoms with Crippen LogP contribution in [-0.4, -0.2) is 31.6 Å². The third-order valence-corrected chi connectivity index (χ3v) is 5.65. The minimum absolute atomic E-state index is 0.0320. The van der Waals surface area contributed by atoms with Crippen molar-refractivity contribution < 1.29 is 14.3 Å². The van der Waals surface area contributed by atoms with E-state index in [4.69, 9.17) is 4.74 Å². The number of hydrogen-bond donors (Lipinski definition) is 1. The van der Waals surface area contributed by atoms with Crippen LogP contribution in [0, 0.1) is 0 Å². The molecule has 0 fully saturated rings. The van der Waals surface area contributed by atoms with E-state index in [1.54, 1.807) is 22.3 Å². The van der Waals surface area contributed by atoms with Gasteiger partial charge in [-0.3, -0.25) is 4.79 Å². The molecule has 0 saturated heterocycles. The molecule has 0 atom stereocenters. The summed E-state index contributed by atoms with van der Waals surface area (Å²) in [7, 11) is 0. The Morgan fingerprint density at radius 3 is 2.78 bits per heavy atom. The second-order valence-corrected chi connectivity index (χ2v) is 8.51. The number of rotatable bonds is 8. The molecular weight excluding hydrogens is 426 g/mol. The van der Waals surface area contributed by atoms with Crippen LogP contribution in [0.25, 0.3) is 11.0 Å². The molecule has 0 aliphatic heterocycles. The van der Waals surface area contributed by atoms with Gasteiger partial charge in [-0.25, -0.2) is 19.4 Å². The van der Waals surface area contributed by atoms with E-state index in [0.717, 1.165) is 16.6 Å². The average molecular weight is 450 g/mol. The van der Waals surface area contributed by atoms with E-state index in [9.17, 15) is 9.59 Å². The van der Waals surface area contributed by atoms with Gasteiger partial charge in [-0.15, -0.1) is 11.3 Å². The number of benzene rings is 1. The number of thiazole rings is 1. The summed E-state index contributed by atoms with van der Waals surface area (Å²) in [4.78, 5) is 33.3. The van der Waals surface area contributed by atoms with Crippen molar-refractivity contribution in [1.82, 2.24) is 25.1 Å². The molecule has 0 spiro atoms. The SMILES string of the molecule is CC(C)n1ncc2cc(C(=O)OCc3csc(CC(=O)NCc4ccccc4)n3)cnc21. The molecule has 0 radical (unpaired) electrons. The number of pyridine rings is 1. The molecule has 164 valence electrons. The molecule has 3 heterocycles. The van der Waals surface area contributed by atoms with Gasteiger partial charge in [0.25, 0.3) is 0 Å². The molecule has 1 amide bonds. The lowest BCUT2D eigenvalue weighted by molar-refractivity contribution is -0.120. The van der Waals surface area contributed by atoms with Gasteiger partial charge in [0.15, 0.2) is 5.65 Å². The van der Waals surface area contributed by atoms with Crippen molar-refractivity contribution >= 4 is 34.2 Å². The number of fused-ring (bicyclic) bond motifs is 1. The van der Waals surface area contributed by atoms with E-state index in [1.807, 2.05) is 44.2 Å². The second-order valence-electron chi connectivity index (χ2n) is 7.57. The minimum atomic E-state index is -0.480. The van der Waals surface area contributed by atoms with Gasteiger partial charge in [0.1, 0.15) is 11.6 Å². The monoisotopic (exact) mass is 449 g/mol. The number of carbonyl (C=O) groups is 2. The van der Waals surface area contributed by atoms with E-state index in [2.05, 4.69) is 20.4 Å². The van der Waals surface area contributed by atoms with Crippen molar-refractivity contribution in [1.29, 1.82) is 0 Å². The van der Waals surface area contributed by atoms with Gasteiger partial charge < -0.3 is 10.1 Å². The Hall–Kier alpha value is -3.59. The highest BCUT2D eigenvalue weighted by molar-refractivity contribution is 7.09. The van der Waals surface area contributed by atoms with Crippen LogP contribution in [0.3, 0.4) is 0 Å². The molecular formula is C23H23N5O3S. The molecule has 0 saturated carbocycles. The topological polar surface area (TPSA) is 99.0 Å². The highest BCUT2D eigenvalue weighted by Crippen LogP contribution is 2.18. The zero-order valence-corrected chi connectivity index (χ0v) is 18.6. The summed E-state index contributed by atoms with van der Waals surface area (Å²) >= 11 is 1.37. The summed E-state index contributed by atoms with van der Waals surface area (Å²) in [5, 5.41) is 10.4. The Labute approximate surface area is 189 Å². The summed E-state index contributed by atoms with van der Waals surface area (Å²) in [6, 6.07) is 11.6. The molecule has 1 aromatic carbocycles. The number of amides is 1. The zero-order chi connectivity index (χ0) is 22.5. The zero-order valence-electron chi connectivity index (χ0n) is 17.8. The third-order valence-electron chi connectivity index (χ3n) is 4.75. The normalized spacial score (nSPS) is 11.1. The van der Waals surface area contributed by atoms with Crippen molar-refractivity contribution in [2.75, 3.05) is 0 Å². The molecule has 0 bridgehead atoms. The molecule has 32 heavy (non-hydrogen) atoms. The van der Waals surface area contributed by atoms with Crippen molar-refractivity contribution in [2.45, 2.75) is 39.5 Å². The third kappa shape index (κ3) is 5.17. The Morgan fingerprint density at radius 2 is 2.00 bits per heavy atom. The number of ether oxygens (including phenoxy) is 1. The Kier molecular flexibility index (Phi) is 6.55. The van der Waals surface area contributed by atoms with Crippen LogP contribution in [0.4, 0.5) is 0 Å². The van der Waals surface area contributed by atoms with E-state index in [0.29, 0.717) is 22.8 Å². The molecule has 0 aliphatic carbocycles. The first kappa shape index (κ1) is 21.6. The van der Waals surface area contributed by atoms with Crippen LogP contribution >= 0.6 is 11.3 Å². The molecule has 3 aromatic heterocycles. The van der Waals surface area contributed by atoms with Crippen LogP contribution in [0.5, 0.6) is 0 Å².